The number of methoxy groups -OCH3 is 1. The van der Waals surface area contributed by atoms with E-state index in [0.29, 0.717) is 10.8 Å². The third-order valence-corrected chi connectivity index (χ3v) is 2.96. The van der Waals surface area contributed by atoms with Crippen molar-refractivity contribution in [1.82, 2.24) is 0 Å². The molecule has 0 atom stereocenters. The first-order valence-electron chi connectivity index (χ1n) is 3.49. The standard InChI is InChI=1S/C8H9ClO3S/c1-12-8-4-3-6(5-7(8)9)13(2,10)11/h3-5H,1-2H3. The lowest BCUT2D eigenvalue weighted by molar-refractivity contribution is 0.414. The number of halogens is 1. The van der Waals surface area contributed by atoms with Crippen molar-refractivity contribution in [3.63, 3.8) is 0 Å². The Morgan fingerprint density at radius 3 is 2.38 bits per heavy atom. The molecule has 1 aromatic rings. The van der Waals surface area contributed by atoms with Crippen molar-refractivity contribution in [1.29, 1.82) is 0 Å². The Labute approximate surface area is 82.2 Å². The first-order chi connectivity index (χ1) is 5.95. The average molecular weight is 221 g/mol. The lowest BCUT2D eigenvalue weighted by atomic mass is 10.3. The van der Waals surface area contributed by atoms with E-state index in [4.69, 9.17) is 16.3 Å². The van der Waals surface area contributed by atoms with Crippen molar-refractivity contribution in [2.75, 3.05) is 13.4 Å². The summed E-state index contributed by atoms with van der Waals surface area (Å²) in [5.41, 5.74) is 0. The maximum absolute atomic E-state index is 11.1. The molecule has 0 unspecified atom stereocenters. The zero-order chi connectivity index (χ0) is 10.1. The normalized spacial score (nSPS) is 11.3. The minimum absolute atomic E-state index is 0.193. The Balaban J connectivity index is 3.26. The van der Waals surface area contributed by atoms with E-state index in [0.717, 1.165) is 6.26 Å². The molecule has 0 aliphatic rings. The smallest absolute Gasteiger partial charge is 0.175 e. The molecule has 0 bridgehead atoms. The summed E-state index contributed by atoms with van der Waals surface area (Å²) >= 11 is 5.75. The Morgan fingerprint density at radius 2 is 2.00 bits per heavy atom. The van der Waals surface area contributed by atoms with Gasteiger partial charge in [0.05, 0.1) is 17.0 Å². The zero-order valence-corrected chi connectivity index (χ0v) is 8.82. The topological polar surface area (TPSA) is 43.4 Å². The van der Waals surface area contributed by atoms with Gasteiger partial charge in [-0.05, 0) is 18.2 Å². The van der Waals surface area contributed by atoms with E-state index in [1.807, 2.05) is 0 Å². The Kier molecular flexibility index (Phi) is 2.83. The Morgan fingerprint density at radius 1 is 1.38 bits per heavy atom. The Bertz CT molecular complexity index is 411. The predicted octanol–water partition coefficient (Wildman–Crippen LogP) is 1.75. The highest BCUT2D eigenvalue weighted by molar-refractivity contribution is 7.90. The number of ether oxygens (including phenoxy) is 1. The van der Waals surface area contributed by atoms with Crippen LogP contribution in [-0.4, -0.2) is 21.8 Å². The number of hydrogen-bond donors (Lipinski definition) is 0. The third-order valence-electron chi connectivity index (χ3n) is 1.55. The van der Waals surface area contributed by atoms with Gasteiger partial charge < -0.3 is 4.74 Å². The van der Waals surface area contributed by atoms with Gasteiger partial charge in [-0.1, -0.05) is 11.6 Å². The molecular formula is C8H9ClO3S. The van der Waals surface area contributed by atoms with Crippen LogP contribution in [0.5, 0.6) is 5.75 Å². The summed E-state index contributed by atoms with van der Waals surface area (Å²) in [7, 11) is -1.72. The average Bonchev–Trinajstić information content (AvgIpc) is 2.02. The Hall–Kier alpha value is -0.740. The van der Waals surface area contributed by atoms with Crippen LogP contribution in [0.3, 0.4) is 0 Å². The minimum Gasteiger partial charge on any atom is -0.495 e. The molecule has 0 saturated carbocycles. The van der Waals surface area contributed by atoms with Crippen LogP contribution in [0.2, 0.25) is 5.02 Å². The summed E-state index contributed by atoms with van der Waals surface area (Å²) in [6.45, 7) is 0. The fourth-order valence-corrected chi connectivity index (χ4v) is 1.85. The summed E-state index contributed by atoms with van der Waals surface area (Å²) in [6, 6.07) is 4.36. The molecule has 1 aromatic carbocycles. The largest absolute Gasteiger partial charge is 0.495 e. The highest BCUT2D eigenvalue weighted by Gasteiger charge is 2.09. The summed E-state index contributed by atoms with van der Waals surface area (Å²) in [4.78, 5) is 0.193. The first-order valence-corrected chi connectivity index (χ1v) is 5.75. The number of hydrogen-bond acceptors (Lipinski definition) is 3. The SMILES string of the molecule is COc1ccc(S(C)(=O)=O)cc1Cl. The molecule has 3 nitrogen and oxygen atoms in total. The lowest BCUT2D eigenvalue weighted by Crippen LogP contribution is -1.97. The lowest BCUT2D eigenvalue weighted by Gasteiger charge is -2.03. The van der Waals surface area contributed by atoms with Crippen LogP contribution in [-0.2, 0) is 9.84 Å². The molecule has 72 valence electrons. The minimum atomic E-state index is -3.19. The zero-order valence-electron chi connectivity index (χ0n) is 7.24. The molecule has 0 heterocycles. The molecule has 0 aromatic heterocycles. The third kappa shape index (κ3) is 2.35. The number of benzene rings is 1. The number of sulfone groups is 1. The van der Waals surface area contributed by atoms with Gasteiger partial charge in [-0.15, -0.1) is 0 Å². The van der Waals surface area contributed by atoms with Crippen molar-refractivity contribution in [3.05, 3.63) is 23.2 Å². The van der Waals surface area contributed by atoms with Crippen molar-refractivity contribution in [2.45, 2.75) is 4.90 Å². The second-order valence-electron chi connectivity index (χ2n) is 2.57. The van der Waals surface area contributed by atoms with Crippen LogP contribution >= 0.6 is 11.6 Å². The molecule has 13 heavy (non-hydrogen) atoms. The van der Waals surface area contributed by atoms with Crippen LogP contribution < -0.4 is 4.74 Å². The highest BCUT2D eigenvalue weighted by Crippen LogP contribution is 2.26. The first kappa shape index (κ1) is 10.3. The van der Waals surface area contributed by atoms with Crippen molar-refractivity contribution < 1.29 is 13.2 Å². The van der Waals surface area contributed by atoms with Gasteiger partial charge in [0.25, 0.3) is 0 Å². The van der Waals surface area contributed by atoms with Gasteiger partial charge in [0.1, 0.15) is 5.75 Å². The van der Waals surface area contributed by atoms with Gasteiger partial charge in [0.2, 0.25) is 0 Å². The molecule has 0 radical (unpaired) electrons. The molecule has 0 N–H and O–H groups in total. The van der Waals surface area contributed by atoms with Gasteiger partial charge in [-0.25, -0.2) is 8.42 Å². The van der Waals surface area contributed by atoms with Gasteiger partial charge in [0.15, 0.2) is 9.84 Å². The van der Waals surface area contributed by atoms with Crippen LogP contribution in [0, 0.1) is 0 Å². The molecule has 0 saturated heterocycles. The van der Waals surface area contributed by atoms with Gasteiger partial charge in [0, 0.05) is 6.26 Å². The fourth-order valence-electron chi connectivity index (χ4n) is 0.878. The highest BCUT2D eigenvalue weighted by atomic mass is 35.5. The molecule has 0 amide bonds. The summed E-state index contributed by atoms with van der Waals surface area (Å²) < 4.78 is 27.1. The second-order valence-corrected chi connectivity index (χ2v) is 4.99. The monoisotopic (exact) mass is 220 g/mol. The molecule has 1 rings (SSSR count). The summed E-state index contributed by atoms with van der Waals surface area (Å²) in [6.07, 6.45) is 1.13. The van der Waals surface area contributed by atoms with E-state index in [1.54, 1.807) is 0 Å². The van der Waals surface area contributed by atoms with E-state index in [9.17, 15) is 8.42 Å². The summed E-state index contributed by atoms with van der Waals surface area (Å²) in [5.74, 6) is 0.467. The van der Waals surface area contributed by atoms with E-state index in [-0.39, 0.29) is 4.90 Å². The van der Waals surface area contributed by atoms with E-state index in [1.165, 1.54) is 25.3 Å². The molecular weight excluding hydrogens is 212 g/mol. The predicted molar refractivity (Wildman–Crippen MR) is 51.1 cm³/mol. The molecule has 0 aliphatic heterocycles. The number of rotatable bonds is 2. The second kappa shape index (κ2) is 3.55. The van der Waals surface area contributed by atoms with Crippen molar-refractivity contribution in [3.8, 4) is 5.75 Å². The molecule has 0 aliphatic carbocycles. The van der Waals surface area contributed by atoms with Gasteiger partial charge >= 0.3 is 0 Å². The fraction of sp³-hybridized carbons (Fsp3) is 0.250. The molecule has 0 fully saturated rings. The van der Waals surface area contributed by atoms with Crippen molar-refractivity contribution >= 4 is 21.4 Å². The maximum atomic E-state index is 11.1. The van der Waals surface area contributed by atoms with Gasteiger partial charge in [-0.2, -0.15) is 0 Å². The maximum Gasteiger partial charge on any atom is 0.175 e. The molecule has 0 spiro atoms. The van der Waals surface area contributed by atoms with Gasteiger partial charge in [-0.3, -0.25) is 0 Å². The van der Waals surface area contributed by atoms with Crippen LogP contribution in [0.4, 0.5) is 0 Å². The van der Waals surface area contributed by atoms with Crippen LogP contribution in [0.15, 0.2) is 23.1 Å². The van der Waals surface area contributed by atoms with E-state index in [2.05, 4.69) is 0 Å². The van der Waals surface area contributed by atoms with Crippen LogP contribution in [0.1, 0.15) is 0 Å². The van der Waals surface area contributed by atoms with E-state index >= 15 is 0 Å². The van der Waals surface area contributed by atoms with E-state index < -0.39 is 9.84 Å². The van der Waals surface area contributed by atoms with Crippen LogP contribution in [0.25, 0.3) is 0 Å². The van der Waals surface area contributed by atoms with Crippen molar-refractivity contribution in [2.24, 2.45) is 0 Å². The molecule has 5 heteroatoms. The summed E-state index contributed by atoms with van der Waals surface area (Å²) in [5, 5.41) is 0.297. The quantitative estimate of drug-likeness (QED) is 0.763.